The summed E-state index contributed by atoms with van der Waals surface area (Å²) in [6.07, 6.45) is 7.06. The highest BCUT2D eigenvalue weighted by atomic mass is 32.1. The van der Waals surface area contributed by atoms with Gasteiger partial charge in [-0.25, -0.2) is 4.98 Å². The molecule has 2 aromatic heterocycles. The van der Waals surface area contributed by atoms with Crippen LogP contribution in [0.25, 0.3) is 17.0 Å². The molecule has 2 saturated heterocycles. The second-order valence-corrected chi connectivity index (χ2v) is 10.3. The minimum absolute atomic E-state index is 0.0438. The van der Waals surface area contributed by atoms with Crippen LogP contribution in [-0.2, 0) is 20.8 Å². The van der Waals surface area contributed by atoms with E-state index in [0.717, 1.165) is 22.0 Å². The number of carboxylic acid groups (broad SMARTS) is 1. The highest BCUT2D eigenvalue weighted by molar-refractivity contribution is 7.09. The van der Waals surface area contributed by atoms with Gasteiger partial charge in [0.2, 0.25) is 11.8 Å². The molecular weight excluding hydrogens is 488 g/mol. The number of nitrogens with one attached hydrogen (secondary N) is 2. The molecule has 4 aromatic rings. The number of imide groups is 1. The van der Waals surface area contributed by atoms with Gasteiger partial charge >= 0.3 is 5.97 Å². The molecule has 2 aromatic carbocycles. The summed E-state index contributed by atoms with van der Waals surface area (Å²) >= 11 is 1.34. The summed E-state index contributed by atoms with van der Waals surface area (Å²) in [6.45, 7) is 0.0763. The Bertz CT molecular complexity index is 1510. The van der Waals surface area contributed by atoms with Crippen molar-refractivity contribution in [3.05, 3.63) is 94.6 Å². The summed E-state index contributed by atoms with van der Waals surface area (Å²) in [5.74, 6) is -3.92. The summed E-state index contributed by atoms with van der Waals surface area (Å²) in [5.41, 5.74) is 0.928. The van der Waals surface area contributed by atoms with Crippen molar-refractivity contribution in [2.24, 2.45) is 11.8 Å². The van der Waals surface area contributed by atoms with Gasteiger partial charge in [0, 0.05) is 41.6 Å². The Kier molecular flexibility index (Phi) is 5.73. The smallest absolute Gasteiger partial charge is 0.325 e. The summed E-state index contributed by atoms with van der Waals surface area (Å²) < 4.78 is 0. The van der Waals surface area contributed by atoms with E-state index in [1.165, 1.54) is 16.2 Å². The molecule has 4 heterocycles. The van der Waals surface area contributed by atoms with Crippen molar-refractivity contribution in [2.45, 2.75) is 18.0 Å². The largest absolute Gasteiger partial charge is 0.480 e. The standard InChI is InChI=1S/C28H24N4O4S/c33-25-21-22(26(34)32(25)13-6-9-17-7-2-1-3-8-17)28(27(35)36,31-23(21)24-29-12-14-37-24)15-18-16-30-20-11-5-4-10-19(18)20/h1-12,14,16,21-23,30-31H,13,15H2,(H,35,36). The summed E-state index contributed by atoms with van der Waals surface area (Å²) in [7, 11) is 0. The first-order chi connectivity index (χ1) is 18.0. The predicted octanol–water partition coefficient (Wildman–Crippen LogP) is 3.65. The average Bonchev–Trinajstić information content (AvgIpc) is 3.68. The minimum atomic E-state index is -1.67. The summed E-state index contributed by atoms with van der Waals surface area (Å²) in [5, 5.41) is 17.1. The average molecular weight is 513 g/mol. The number of rotatable bonds is 7. The number of amides is 2. The number of aromatic amines is 1. The topological polar surface area (TPSA) is 115 Å². The van der Waals surface area contributed by atoms with Crippen LogP contribution in [-0.4, -0.2) is 49.8 Å². The van der Waals surface area contributed by atoms with E-state index in [-0.39, 0.29) is 18.9 Å². The van der Waals surface area contributed by atoms with Crippen LogP contribution < -0.4 is 5.32 Å². The molecule has 4 atom stereocenters. The van der Waals surface area contributed by atoms with Gasteiger partial charge in [0.1, 0.15) is 10.5 Å². The molecule has 2 aliphatic rings. The third kappa shape index (κ3) is 3.78. The van der Waals surface area contributed by atoms with Gasteiger partial charge in [-0.1, -0.05) is 60.7 Å². The third-order valence-corrected chi connectivity index (χ3v) is 8.25. The highest BCUT2D eigenvalue weighted by Gasteiger charge is 2.68. The Balaban J connectivity index is 1.39. The minimum Gasteiger partial charge on any atom is -0.480 e. The fourth-order valence-electron chi connectivity index (χ4n) is 5.71. The lowest BCUT2D eigenvalue weighted by atomic mass is 9.76. The predicted molar refractivity (Wildman–Crippen MR) is 140 cm³/mol. The van der Waals surface area contributed by atoms with E-state index in [4.69, 9.17) is 0 Å². The highest BCUT2D eigenvalue weighted by Crippen LogP contribution is 2.50. The molecular formula is C28H24N4O4S. The summed E-state index contributed by atoms with van der Waals surface area (Å²) in [4.78, 5) is 49.3. The van der Waals surface area contributed by atoms with Gasteiger partial charge in [-0.05, 0) is 17.2 Å². The number of carbonyl (C=O) groups is 3. The molecule has 2 amide bonds. The molecule has 4 unspecified atom stereocenters. The van der Waals surface area contributed by atoms with Crippen molar-refractivity contribution in [3.63, 3.8) is 0 Å². The van der Waals surface area contributed by atoms with E-state index in [0.29, 0.717) is 5.01 Å². The zero-order valence-corrected chi connectivity index (χ0v) is 20.5. The molecule has 6 rings (SSSR count). The second kappa shape index (κ2) is 9.10. The molecule has 2 aliphatic heterocycles. The number of fused-ring (bicyclic) bond motifs is 2. The van der Waals surface area contributed by atoms with Gasteiger partial charge in [0.15, 0.2) is 0 Å². The third-order valence-electron chi connectivity index (χ3n) is 7.39. The number of aromatic nitrogens is 2. The lowest BCUT2D eigenvalue weighted by Crippen LogP contribution is -2.57. The van der Waals surface area contributed by atoms with Crippen molar-refractivity contribution in [1.29, 1.82) is 0 Å². The fourth-order valence-corrected chi connectivity index (χ4v) is 6.45. The van der Waals surface area contributed by atoms with Crippen LogP contribution in [0.15, 0.2) is 78.4 Å². The Morgan fingerprint density at radius 1 is 1.11 bits per heavy atom. The van der Waals surface area contributed by atoms with Crippen LogP contribution in [0.5, 0.6) is 0 Å². The number of para-hydroxylation sites is 1. The van der Waals surface area contributed by atoms with Crippen LogP contribution in [0.1, 0.15) is 22.2 Å². The van der Waals surface area contributed by atoms with Crippen molar-refractivity contribution in [3.8, 4) is 0 Å². The van der Waals surface area contributed by atoms with E-state index in [2.05, 4.69) is 15.3 Å². The van der Waals surface area contributed by atoms with Crippen LogP contribution in [0, 0.1) is 11.8 Å². The molecule has 37 heavy (non-hydrogen) atoms. The van der Waals surface area contributed by atoms with Crippen LogP contribution >= 0.6 is 11.3 Å². The summed E-state index contributed by atoms with van der Waals surface area (Å²) in [6, 6.07) is 16.5. The first-order valence-corrected chi connectivity index (χ1v) is 12.9. The number of hydrogen-bond acceptors (Lipinski definition) is 6. The Hall–Kier alpha value is -4.08. The maximum atomic E-state index is 13.8. The zero-order valence-electron chi connectivity index (χ0n) is 19.7. The van der Waals surface area contributed by atoms with Gasteiger partial charge in [0.25, 0.3) is 0 Å². The SMILES string of the molecule is O=C1C2C(c3nccs3)NC(Cc3c[nH]c4ccccc34)(C(=O)O)C2C(=O)N1CC=Cc1ccccc1. The first kappa shape index (κ1) is 23.3. The molecule has 0 aliphatic carbocycles. The van der Waals surface area contributed by atoms with Gasteiger partial charge in [0.05, 0.1) is 17.9 Å². The lowest BCUT2D eigenvalue weighted by Gasteiger charge is -2.30. The lowest BCUT2D eigenvalue weighted by molar-refractivity contribution is -0.151. The van der Waals surface area contributed by atoms with Crippen molar-refractivity contribution in [1.82, 2.24) is 20.2 Å². The van der Waals surface area contributed by atoms with Gasteiger partial charge in [-0.3, -0.25) is 24.6 Å². The zero-order chi connectivity index (χ0) is 25.6. The van der Waals surface area contributed by atoms with E-state index in [1.54, 1.807) is 23.8 Å². The Morgan fingerprint density at radius 3 is 2.65 bits per heavy atom. The number of benzene rings is 2. The quantitative estimate of drug-likeness (QED) is 0.326. The Labute approximate surface area is 216 Å². The molecule has 0 saturated carbocycles. The first-order valence-electron chi connectivity index (χ1n) is 12.0. The molecule has 0 radical (unpaired) electrons. The maximum Gasteiger partial charge on any atom is 0.325 e. The fraction of sp³-hybridized carbons (Fsp3) is 0.214. The van der Waals surface area contributed by atoms with Gasteiger partial charge in [-0.2, -0.15) is 0 Å². The van der Waals surface area contributed by atoms with Gasteiger partial charge < -0.3 is 10.1 Å². The second-order valence-electron chi connectivity index (χ2n) is 9.41. The Morgan fingerprint density at radius 2 is 1.89 bits per heavy atom. The molecule has 3 N–H and O–H groups in total. The van der Waals surface area contributed by atoms with E-state index in [9.17, 15) is 19.5 Å². The van der Waals surface area contributed by atoms with E-state index < -0.39 is 35.3 Å². The van der Waals surface area contributed by atoms with Crippen LogP contribution in [0.2, 0.25) is 0 Å². The molecule has 8 nitrogen and oxygen atoms in total. The van der Waals surface area contributed by atoms with Crippen LogP contribution in [0.3, 0.4) is 0 Å². The number of H-pyrrole nitrogens is 1. The number of likely N-dealkylation sites (tertiary alicyclic amines) is 1. The molecule has 0 spiro atoms. The number of hydrogen-bond donors (Lipinski definition) is 3. The van der Waals surface area contributed by atoms with Crippen molar-refractivity contribution < 1.29 is 19.5 Å². The van der Waals surface area contributed by atoms with Crippen molar-refractivity contribution in [2.75, 3.05) is 6.54 Å². The van der Waals surface area contributed by atoms with Crippen molar-refractivity contribution >= 4 is 46.1 Å². The van der Waals surface area contributed by atoms with Gasteiger partial charge in [-0.15, -0.1) is 11.3 Å². The van der Waals surface area contributed by atoms with E-state index >= 15 is 0 Å². The van der Waals surface area contributed by atoms with E-state index in [1.807, 2.05) is 60.7 Å². The number of carbonyl (C=O) groups excluding carboxylic acids is 2. The molecule has 186 valence electrons. The number of nitrogens with zero attached hydrogens (tertiary/aromatic N) is 2. The number of thiazole rings is 1. The monoisotopic (exact) mass is 512 g/mol. The molecule has 9 heteroatoms. The normalized spacial score (nSPS) is 25.4. The van der Waals surface area contributed by atoms with Crippen LogP contribution in [0.4, 0.5) is 0 Å². The number of carboxylic acids is 1. The number of aliphatic carboxylic acids is 1. The molecule has 2 fully saturated rings. The maximum absolute atomic E-state index is 13.8. The molecule has 0 bridgehead atoms.